The highest BCUT2D eigenvalue weighted by atomic mass is 32.1. The Kier molecular flexibility index (Phi) is 6.01. The number of ether oxygens (including phenoxy) is 1. The maximum atomic E-state index is 13.8. The minimum Gasteiger partial charge on any atom is -0.405 e. The SMILES string of the molecule is O=C1NCC2=C1[C@@H](c1ccccc1OC(F)(F)F)N(C(=O)Cc1cccs1)[C@@H]1CCCC[C@H]1N2. The van der Waals surface area contributed by atoms with Gasteiger partial charge in [-0.05, 0) is 30.4 Å². The molecule has 1 aromatic heterocycles. The molecule has 1 aromatic carbocycles. The Morgan fingerprint density at radius 3 is 2.71 bits per heavy atom. The fraction of sp³-hybridized carbons (Fsp3) is 0.417. The summed E-state index contributed by atoms with van der Waals surface area (Å²) in [5, 5.41) is 8.13. The average molecular weight is 492 g/mol. The van der Waals surface area contributed by atoms with E-state index in [0.717, 1.165) is 24.1 Å². The molecule has 180 valence electrons. The van der Waals surface area contributed by atoms with E-state index in [1.165, 1.54) is 29.5 Å². The summed E-state index contributed by atoms with van der Waals surface area (Å²) in [5.74, 6) is -1.02. The van der Waals surface area contributed by atoms with E-state index in [2.05, 4.69) is 15.4 Å². The lowest BCUT2D eigenvalue weighted by Crippen LogP contribution is -2.54. The molecule has 3 atom stereocenters. The lowest BCUT2D eigenvalue weighted by Gasteiger charge is -2.43. The molecule has 2 amide bonds. The van der Waals surface area contributed by atoms with Gasteiger partial charge < -0.3 is 20.3 Å². The van der Waals surface area contributed by atoms with Gasteiger partial charge in [-0.3, -0.25) is 9.59 Å². The first-order valence-corrected chi connectivity index (χ1v) is 12.2. The first-order chi connectivity index (χ1) is 16.3. The van der Waals surface area contributed by atoms with Crippen LogP contribution in [0.4, 0.5) is 13.2 Å². The Morgan fingerprint density at radius 2 is 1.94 bits per heavy atom. The van der Waals surface area contributed by atoms with Crippen molar-refractivity contribution >= 4 is 23.2 Å². The Hall–Kier alpha value is -3.01. The zero-order valence-corrected chi connectivity index (χ0v) is 19.0. The van der Waals surface area contributed by atoms with Crippen LogP contribution in [0.3, 0.4) is 0 Å². The fourth-order valence-corrected chi connectivity index (χ4v) is 5.99. The van der Waals surface area contributed by atoms with E-state index < -0.39 is 18.2 Å². The Balaban J connectivity index is 1.66. The van der Waals surface area contributed by atoms with Crippen molar-refractivity contribution in [2.24, 2.45) is 0 Å². The first-order valence-electron chi connectivity index (χ1n) is 11.3. The molecule has 0 spiro atoms. The maximum Gasteiger partial charge on any atom is 0.573 e. The molecule has 1 saturated carbocycles. The Bertz CT molecular complexity index is 1120. The second-order valence-corrected chi connectivity index (χ2v) is 9.76. The number of hydrogen-bond donors (Lipinski definition) is 2. The molecule has 3 heterocycles. The highest BCUT2D eigenvalue weighted by Crippen LogP contribution is 2.44. The molecule has 1 fully saturated rings. The van der Waals surface area contributed by atoms with Crippen LogP contribution in [-0.2, 0) is 16.0 Å². The van der Waals surface area contributed by atoms with Gasteiger partial charge in [0, 0.05) is 22.2 Å². The van der Waals surface area contributed by atoms with Crippen molar-refractivity contribution in [2.75, 3.05) is 6.54 Å². The van der Waals surface area contributed by atoms with Crippen molar-refractivity contribution in [1.82, 2.24) is 15.5 Å². The number of amides is 2. The Labute approximate surface area is 198 Å². The van der Waals surface area contributed by atoms with Crippen molar-refractivity contribution in [2.45, 2.75) is 56.6 Å². The smallest absolute Gasteiger partial charge is 0.405 e. The predicted molar refractivity (Wildman–Crippen MR) is 120 cm³/mol. The van der Waals surface area contributed by atoms with Gasteiger partial charge in [-0.2, -0.15) is 0 Å². The van der Waals surface area contributed by atoms with Crippen molar-refractivity contribution in [3.63, 3.8) is 0 Å². The number of carbonyl (C=O) groups excluding carboxylic acids is 2. The molecular weight excluding hydrogens is 467 g/mol. The molecule has 1 aliphatic carbocycles. The summed E-state index contributed by atoms with van der Waals surface area (Å²) in [7, 11) is 0. The lowest BCUT2D eigenvalue weighted by molar-refractivity contribution is -0.275. The normalized spacial score (nSPS) is 24.6. The summed E-state index contributed by atoms with van der Waals surface area (Å²) in [6.45, 7) is 0.253. The van der Waals surface area contributed by atoms with Gasteiger partial charge in [0.05, 0.1) is 30.6 Å². The van der Waals surface area contributed by atoms with Gasteiger partial charge in [0.25, 0.3) is 5.91 Å². The number of carbonyl (C=O) groups is 2. The zero-order chi connectivity index (χ0) is 23.9. The number of thiophene rings is 1. The quantitative estimate of drug-likeness (QED) is 0.677. The molecule has 2 aromatic rings. The number of halogens is 3. The number of hydrogen-bond acceptors (Lipinski definition) is 5. The van der Waals surface area contributed by atoms with Crippen LogP contribution >= 0.6 is 11.3 Å². The molecule has 2 aliphatic heterocycles. The molecule has 6 nitrogen and oxygen atoms in total. The molecule has 0 saturated heterocycles. The topological polar surface area (TPSA) is 70.7 Å². The molecular formula is C24H24F3N3O3S. The van der Waals surface area contributed by atoms with Crippen LogP contribution in [0, 0.1) is 0 Å². The molecule has 0 bridgehead atoms. The van der Waals surface area contributed by atoms with Gasteiger partial charge in [0.2, 0.25) is 5.91 Å². The molecule has 3 aliphatic rings. The third-order valence-electron chi connectivity index (χ3n) is 6.63. The van der Waals surface area contributed by atoms with Crippen molar-refractivity contribution < 1.29 is 27.5 Å². The number of rotatable bonds is 4. The molecule has 5 rings (SSSR count). The minimum absolute atomic E-state index is 0.0839. The number of alkyl halides is 3. The summed E-state index contributed by atoms with van der Waals surface area (Å²) in [6.07, 6.45) is -1.41. The van der Waals surface area contributed by atoms with Crippen LogP contribution in [0.2, 0.25) is 0 Å². The van der Waals surface area contributed by atoms with Crippen molar-refractivity contribution in [1.29, 1.82) is 0 Å². The molecule has 0 unspecified atom stereocenters. The van der Waals surface area contributed by atoms with E-state index in [1.54, 1.807) is 11.0 Å². The van der Waals surface area contributed by atoms with E-state index in [0.29, 0.717) is 12.1 Å². The highest BCUT2D eigenvalue weighted by Gasteiger charge is 2.47. The number of nitrogens with one attached hydrogen (secondary N) is 2. The maximum absolute atomic E-state index is 13.8. The molecule has 2 N–H and O–H groups in total. The molecule has 0 radical (unpaired) electrons. The third kappa shape index (κ3) is 4.38. The van der Waals surface area contributed by atoms with Gasteiger partial charge >= 0.3 is 6.36 Å². The van der Waals surface area contributed by atoms with E-state index in [9.17, 15) is 22.8 Å². The largest absolute Gasteiger partial charge is 0.573 e. The van der Waals surface area contributed by atoms with Gasteiger partial charge in [-0.1, -0.05) is 37.1 Å². The zero-order valence-electron chi connectivity index (χ0n) is 18.2. The highest BCUT2D eigenvalue weighted by molar-refractivity contribution is 7.10. The average Bonchev–Trinajstić information content (AvgIpc) is 3.39. The number of nitrogens with zero attached hydrogens (tertiary/aromatic N) is 1. The molecule has 10 heteroatoms. The van der Waals surface area contributed by atoms with Crippen LogP contribution < -0.4 is 15.4 Å². The van der Waals surface area contributed by atoms with E-state index in [1.807, 2.05) is 17.5 Å². The van der Waals surface area contributed by atoms with Gasteiger partial charge in [-0.15, -0.1) is 24.5 Å². The number of para-hydroxylation sites is 1. The second-order valence-electron chi connectivity index (χ2n) is 8.72. The summed E-state index contributed by atoms with van der Waals surface area (Å²) in [5.41, 5.74) is 1.07. The standard InChI is InChI=1S/C24H24F3N3O3S/c25-24(26,27)33-19-10-4-1-7-15(19)22-21-17(13-28-23(21)32)29-16-8-2-3-9-18(16)30(22)20(31)12-14-6-5-11-34-14/h1,4-7,10-11,16,18,22,29H,2-3,8-9,12-13H2,(H,28,32)/t16-,18-,22-/m1/s1. The van der Waals surface area contributed by atoms with E-state index >= 15 is 0 Å². The van der Waals surface area contributed by atoms with Crippen molar-refractivity contribution in [3.8, 4) is 5.75 Å². The number of benzene rings is 1. The summed E-state index contributed by atoms with van der Waals surface area (Å²) < 4.78 is 44.2. The monoisotopic (exact) mass is 491 g/mol. The van der Waals surface area contributed by atoms with Crippen LogP contribution in [0.25, 0.3) is 0 Å². The Morgan fingerprint density at radius 1 is 1.15 bits per heavy atom. The third-order valence-corrected chi connectivity index (χ3v) is 7.50. The fourth-order valence-electron chi connectivity index (χ4n) is 5.29. The summed E-state index contributed by atoms with van der Waals surface area (Å²) in [6, 6.07) is 8.17. The minimum atomic E-state index is -4.91. The van der Waals surface area contributed by atoms with Crippen LogP contribution in [0.5, 0.6) is 5.75 Å². The lowest BCUT2D eigenvalue weighted by atomic mass is 9.87. The van der Waals surface area contributed by atoms with Crippen LogP contribution in [0.1, 0.15) is 42.2 Å². The number of fused-ring (bicyclic) bond motifs is 1. The first kappa shape index (κ1) is 22.8. The summed E-state index contributed by atoms with van der Waals surface area (Å²) >= 11 is 1.45. The van der Waals surface area contributed by atoms with E-state index in [-0.39, 0.29) is 48.0 Å². The second kappa shape index (κ2) is 8.98. The van der Waals surface area contributed by atoms with Crippen LogP contribution in [0.15, 0.2) is 53.0 Å². The van der Waals surface area contributed by atoms with Crippen molar-refractivity contribution in [3.05, 3.63) is 63.5 Å². The van der Waals surface area contributed by atoms with Crippen LogP contribution in [-0.4, -0.2) is 41.7 Å². The predicted octanol–water partition coefficient (Wildman–Crippen LogP) is 4.06. The van der Waals surface area contributed by atoms with Gasteiger partial charge in [0.1, 0.15) is 5.75 Å². The van der Waals surface area contributed by atoms with Gasteiger partial charge in [0.15, 0.2) is 0 Å². The molecule has 34 heavy (non-hydrogen) atoms. The summed E-state index contributed by atoms with van der Waals surface area (Å²) in [4.78, 5) is 29.4. The van der Waals surface area contributed by atoms with E-state index in [4.69, 9.17) is 0 Å². The van der Waals surface area contributed by atoms with Gasteiger partial charge in [-0.25, -0.2) is 0 Å².